The Balaban J connectivity index is 1.59. The van der Waals surface area contributed by atoms with Gasteiger partial charge in [0, 0.05) is 18.5 Å². The van der Waals surface area contributed by atoms with Crippen LogP contribution in [-0.4, -0.2) is 30.8 Å². The fourth-order valence-corrected chi connectivity index (χ4v) is 3.28. The van der Waals surface area contributed by atoms with Crippen molar-refractivity contribution in [3.63, 3.8) is 0 Å². The van der Waals surface area contributed by atoms with Gasteiger partial charge in [-0.25, -0.2) is 4.98 Å². The summed E-state index contributed by atoms with van der Waals surface area (Å²) in [6.07, 6.45) is 1.08. The zero-order valence-electron chi connectivity index (χ0n) is 12.5. The van der Waals surface area contributed by atoms with Crippen molar-refractivity contribution >= 4 is 22.9 Å². The van der Waals surface area contributed by atoms with Crippen LogP contribution in [0.5, 0.6) is 5.75 Å². The van der Waals surface area contributed by atoms with Crippen molar-refractivity contribution in [2.24, 2.45) is 0 Å². The van der Waals surface area contributed by atoms with Gasteiger partial charge in [-0.1, -0.05) is 17.7 Å². The van der Waals surface area contributed by atoms with Crippen molar-refractivity contribution < 1.29 is 9.47 Å². The number of halogens is 1. The number of hydrogen-bond donors (Lipinski definition) is 1. The standard InChI is InChI=1S/C16H19ClN2O2S/c1-11-19-13(10-22-11)9-21-16-3-2-12(7-15(16)17)6-14-8-18-4-5-20-14/h2-3,7,10,14,18H,4-6,8-9H2,1H3. The molecule has 0 radical (unpaired) electrons. The number of rotatable bonds is 5. The summed E-state index contributed by atoms with van der Waals surface area (Å²) in [7, 11) is 0. The van der Waals surface area contributed by atoms with E-state index < -0.39 is 0 Å². The molecule has 1 aromatic carbocycles. The van der Waals surface area contributed by atoms with E-state index in [2.05, 4.69) is 10.3 Å². The van der Waals surface area contributed by atoms with Crippen LogP contribution >= 0.6 is 22.9 Å². The lowest BCUT2D eigenvalue weighted by atomic mass is 10.1. The Bertz CT molecular complexity index is 626. The van der Waals surface area contributed by atoms with E-state index in [1.165, 1.54) is 0 Å². The summed E-state index contributed by atoms with van der Waals surface area (Å²) in [5.41, 5.74) is 2.10. The number of benzene rings is 1. The van der Waals surface area contributed by atoms with Crippen LogP contribution in [0.3, 0.4) is 0 Å². The number of nitrogens with one attached hydrogen (secondary N) is 1. The summed E-state index contributed by atoms with van der Waals surface area (Å²) in [6.45, 7) is 5.02. The van der Waals surface area contributed by atoms with E-state index in [0.717, 1.165) is 42.4 Å². The van der Waals surface area contributed by atoms with Gasteiger partial charge in [0.15, 0.2) is 0 Å². The molecule has 1 N–H and O–H groups in total. The summed E-state index contributed by atoms with van der Waals surface area (Å²) in [4.78, 5) is 4.38. The number of hydrogen-bond acceptors (Lipinski definition) is 5. The zero-order valence-corrected chi connectivity index (χ0v) is 14.0. The maximum absolute atomic E-state index is 6.32. The molecule has 22 heavy (non-hydrogen) atoms. The van der Waals surface area contributed by atoms with E-state index in [0.29, 0.717) is 17.4 Å². The first-order valence-electron chi connectivity index (χ1n) is 7.35. The highest BCUT2D eigenvalue weighted by Crippen LogP contribution is 2.27. The average Bonchev–Trinajstić information content (AvgIpc) is 2.93. The van der Waals surface area contributed by atoms with E-state index in [9.17, 15) is 0 Å². The highest BCUT2D eigenvalue weighted by molar-refractivity contribution is 7.09. The molecule has 1 aliphatic rings. The van der Waals surface area contributed by atoms with Crippen molar-refractivity contribution in [2.45, 2.75) is 26.1 Å². The number of morpholine rings is 1. The number of nitrogens with zero attached hydrogens (tertiary/aromatic N) is 1. The Labute approximate surface area is 139 Å². The lowest BCUT2D eigenvalue weighted by molar-refractivity contribution is 0.0292. The van der Waals surface area contributed by atoms with Crippen molar-refractivity contribution in [3.05, 3.63) is 44.9 Å². The zero-order chi connectivity index (χ0) is 15.4. The molecule has 1 aliphatic heterocycles. The second-order valence-corrected chi connectivity index (χ2v) is 6.78. The van der Waals surface area contributed by atoms with Gasteiger partial charge in [0.1, 0.15) is 12.4 Å². The number of thiazole rings is 1. The Morgan fingerprint density at radius 3 is 3.09 bits per heavy atom. The van der Waals surface area contributed by atoms with Crippen LogP contribution in [0, 0.1) is 6.92 Å². The van der Waals surface area contributed by atoms with E-state index in [4.69, 9.17) is 21.1 Å². The number of ether oxygens (including phenoxy) is 2. The minimum Gasteiger partial charge on any atom is -0.486 e. The van der Waals surface area contributed by atoms with E-state index in [1.807, 2.05) is 30.5 Å². The molecule has 2 heterocycles. The van der Waals surface area contributed by atoms with Crippen molar-refractivity contribution in [3.8, 4) is 5.75 Å². The maximum atomic E-state index is 6.32. The molecule has 0 bridgehead atoms. The molecule has 2 aromatic rings. The van der Waals surface area contributed by atoms with Crippen LogP contribution in [0.4, 0.5) is 0 Å². The summed E-state index contributed by atoms with van der Waals surface area (Å²) in [5, 5.41) is 7.01. The smallest absolute Gasteiger partial charge is 0.138 e. The van der Waals surface area contributed by atoms with Gasteiger partial charge in [-0.2, -0.15) is 0 Å². The monoisotopic (exact) mass is 338 g/mol. The summed E-state index contributed by atoms with van der Waals surface area (Å²) in [6, 6.07) is 5.93. The van der Waals surface area contributed by atoms with Crippen LogP contribution in [-0.2, 0) is 17.8 Å². The van der Waals surface area contributed by atoms with Gasteiger partial charge < -0.3 is 14.8 Å². The van der Waals surface area contributed by atoms with Crippen LogP contribution < -0.4 is 10.1 Å². The molecular formula is C16H19ClN2O2S. The minimum absolute atomic E-state index is 0.217. The quantitative estimate of drug-likeness (QED) is 0.909. The SMILES string of the molecule is Cc1nc(COc2ccc(CC3CNCCO3)cc2Cl)cs1. The van der Waals surface area contributed by atoms with Gasteiger partial charge >= 0.3 is 0 Å². The Hall–Kier alpha value is -1.14. The van der Waals surface area contributed by atoms with Gasteiger partial charge in [-0.05, 0) is 31.0 Å². The molecule has 4 nitrogen and oxygen atoms in total. The van der Waals surface area contributed by atoms with E-state index >= 15 is 0 Å². The average molecular weight is 339 g/mol. The van der Waals surface area contributed by atoms with Crippen LogP contribution in [0.1, 0.15) is 16.3 Å². The molecule has 1 atom stereocenters. The second kappa shape index (κ2) is 7.42. The lowest BCUT2D eigenvalue weighted by Crippen LogP contribution is -2.39. The third-order valence-corrected chi connectivity index (χ3v) is 4.62. The summed E-state index contributed by atoms with van der Waals surface area (Å²) in [5.74, 6) is 0.693. The molecule has 118 valence electrons. The van der Waals surface area contributed by atoms with Gasteiger partial charge in [0.05, 0.1) is 28.4 Å². The van der Waals surface area contributed by atoms with Gasteiger partial charge in [-0.3, -0.25) is 0 Å². The molecule has 1 fully saturated rings. The first-order chi connectivity index (χ1) is 10.7. The Morgan fingerprint density at radius 1 is 1.50 bits per heavy atom. The molecule has 1 saturated heterocycles. The predicted octanol–water partition coefficient (Wildman–Crippen LogP) is 3.21. The van der Waals surface area contributed by atoms with Gasteiger partial charge in [-0.15, -0.1) is 11.3 Å². The van der Waals surface area contributed by atoms with Gasteiger partial charge in [0.2, 0.25) is 0 Å². The highest BCUT2D eigenvalue weighted by Gasteiger charge is 2.14. The predicted molar refractivity (Wildman–Crippen MR) is 88.9 cm³/mol. The molecule has 1 aromatic heterocycles. The summed E-state index contributed by atoms with van der Waals surface area (Å²) >= 11 is 7.94. The van der Waals surface area contributed by atoms with E-state index in [1.54, 1.807) is 11.3 Å². The number of aromatic nitrogens is 1. The molecule has 0 aliphatic carbocycles. The topological polar surface area (TPSA) is 43.4 Å². The first-order valence-corrected chi connectivity index (χ1v) is 8.61. The van der Waals surface area contributed by atoms with Crippen molar-refractivity contribution in [2.75, 3.05) is 19.7 Å². The summed E-state index contributed by atoms with van der Waals surface area (Å²) < 4.78 is 11.5. The first kappa shape index (κ1) is 15.7. The van der Waals surface area contributed by atoms with Crippen LogP contribution in [0.25, 0.3) is 0 Å². The largest absolute Gasteiger partial charge is 0.486 e. The fourth-order valence-electron chi connectivity index (χ4n) is 2.43. The maximum Gasteiger partial charge on any atom is 0.138 e. The lowest BCUT2D eigenvalue weighted by Gasteiger charge is -2.23. The number of aryl methyl sites for hydroxylation is 1. The molecule has 1 unspecified atom stereocenters. The second-order valence-electron chi connectivity index (χ2n) is 5.31. The molecule has 0 saturated carbocycles. The normalized spacial score (nSPS) is 18.4. The van der Waals surface area contributed by atoms with Crippen LogP contribution in [0.2, 0.25) is 5.02 Å². The molecule has 0 spiro atoms. The third kappa shape index (κ3) is 4.20. The van der Waals surface area contributed by atoms with Crippen molar-refractivity contribution in [1.29, 1.82) is 0 Å². The molecular weight excluding hydrogens is 320 g/mol. The van der Waals surface area contributed by atoms with E-state index in [-0.39, 0.29) is 6.10 Å². The molecule has 0 amide bonds. The Kier molecular flexibility index (Phi) is 5.31. The van der Waals surface area contributed by atoms with Crippen molar-refractivity contribution in [1.82, 2.24) is 10.3 Å². The van der Waals surface area contributed by atoms with Crippen LogP contribution in [0.15, 0.2) is 23.6 Å². The Morgan fingerprint density at radius 2 is 2.41 bits per heavy atom. The minimum atomic E-state index is 0.217. The highest BCUT2D eigenvalue weighted by atomic mass is 35.5. The third-order valence-electron chi connectivity index (χ3n) is 3.51. The molecule has 3 rings (SSSR count). The molecule has 6 heteroatoms. The fraction of sp³-hybridized carbons (Fsp3) is 0.438. The van der Waals surface area contributed by atoms with Gasteiger partial charge in [0.25, 0.3) is 0 Å².